The van der Waals surface area contributed by atoms with Crippen molar-refractivity contribution in [3.05, 3.63) is 48.5 Å². The van der Waals surface area contributed by atoms with Crippen LogP contribution in [-0.4, -0.2) is 25.0 Å². The van der Waals surface area contributed by atoms with Crippen molar-refractivity contribution in [2.45, 2.75) is 39.5 Å². The molecular weight excluding hydrogens is 354 g/mol. The van der Waals surface area contributed by atoms with E-state index in [-0.39, 0.29) is 18.4 Å². The highest BCUT2D eigenvalue weighted by Crippen LogP contribution is 2.18. The van der Waals surface area contributed by atoms with Gasteiger partial charge in [0, 0.05) is 30.1 Å². The molecule has 0 radical (unpaired) electrons. The van der Waals surface area contributed by atoms with Crippen molar-refractivity contribution in [3.63, 3.8) is 0 Å². The van der Waals surface area contributed by atoms with E-state index in [4.69, 9.17) is 4.74 Å². The van der Waals surface area contributed by atoms with E-state index in [2.05, 4.69) is 22.9 Å². The Labute approximate surface area is 166 Å². The van der Waals surface area contributed by atoms with Gasteiger partial charge in [-0.05, 0) is 36.8 Å². The summed E-state index contributed by atoms with van der Waals surface area (Å²) in [6.07, 6.45) is 4.66. The minimum absolute atomic E-state index is 0.129. The SMILES string of the molecule is CCCCCCOc1cccc(NCC(=O)Nc2cccc(NC(C)=O)c2)c1. The van der Waals surface area contributed by atoms with Crippen molar-refractivity contribution in [2.75, 3.05) is 29.1 Å². The Morgan fingerprint density at radius 1 is 0.893 bits per heavy atom. The summed E-state index contributed by atoms with van der Waals surface area (Å²) >= 11 is 0. The average molecular weight is 383 g/mol. The fourth-order valence-corrected chi connectivity index (χ4v) is 2.68. The third kappa shape index (κ3) is 8.12. The van der Waals surface area contributed by atoms with Crippen LogP contribution in [0.4, 0.5) is 17.1 Å². The van der Waals surface area contributed by atoms with Gasteiger partial charge in [0.25, 0.3) is 0 Å². The molecule has 0 aliphatic carbocycles. The van der Waals surface area contributed by atoms with Crippen LogP contribution < -0.4 is 20.7 Å². The molecule has 28 heavy (non-hydrogen) atoms. The second-order valence-electron chi connectivity index (χ2n) is 6.60. The lowest BCUT2D eigenvalue weighted by Gasteiger charge is -2.11. The molecule has 0 saturated heterocycles. The number of carbonyl (C=O) groups is 2. The van der Waals surface area contributed by atoms with Crippen molar-refractivity contribution in [2.24, 2.45) is 0 Å². The quantitative estimate of drug-likeness (QED) is 0.493. The first-order chi connectivity index (χ1) is 13.6. The molecule has 0 aliphatic rings. The second kappa shape index (κ2) is 11.6. The topological polar surface area (TPSA) is 79.5 Å². The van der Waals surface area contributed by atoms with Gasteiger partial charge in [-0.15, -0.1) is 0 Å². The molecule has 0 atom stereocenters. The van der Waals surface area contributed by atoms with Gasteiger partial charge in [0.2, 0.25) is 11.8 Å². The minimum Gasteiger partial charge on any atom is -0.494 e. The van der Waals surface area contributed by atoms with Crippen LogP contribution in [-0.2, 0) is 9.59 Å². The van der Waals surface area contributed by atoms with Crippen molar-refractivity contribution in [3.8, 4) is 5.75 Å². The van der Waals surface area contributed by atoms with E-state index in [0.29, 0.717) is 18.0 Å². The lowest BCUT2D eigenvalue weighted by Crippen LogP contribution is -2.21. The molecule has 2 amide bonds. The molecule has 3 N–H and O–H groups in total. The van der Waals surface area contributed by atoms with Gasteiger partial charge < -0.3 is 20.7 Å². The smallest absolute Gasteiger partial charge is 0.243 e. The number of carbonyl (C=O) groups excluding carboxylic acids is 2. The van der Waals surface area contributed by atoms with Crippen LogP contribution in [0.2, 0.25) is 0 Å². The molecule has 6 heteroatoms. The number of unbranched alkanes of at least 4 members (excludes halogenated alkanes) is 3. The lowest BCUT2D eigenvalue weighted by atomic mass is 10.2. The standard InChI is InChI=1S/C22H29N3O3/c1-3-4-5-6-13-28-21-12-8-9-18(15-21)23-16-22(27)25-20-11-7-10-19(14-20)24-17(2)26/h7-12,14-15,23H,3-6,13,16H2,1-2H3,(H,24,26)(H,25,27). The molecule has 2 aromatic rings. The highest BCUT2D eigenvalue weighted by atomic mass is 16.5. The zero-order chi connectivity index (χ0) is 20.2. The first-order valence-corrected chi connectivity index (χ1v) is 9.71. The van der Waals surface area contributed by atoms with Crippen LogP contribution >= 0.6 is 0 Å². The fourth-order valence-electron chi connectivity index (χ4n) is 2.68. The van der Waals surface area contributed by atoms with E-state index in [1.54, 1.807) is 24.3 Å². The minimum atomic E-state index is -0.175. The Kier molecular flexibility index (Phi) is 8.85. The Hall–Kier alpha value is -3.02. The maximum Gasteiger partial charge on any atom is 0.243 e. The molecule has 0 aliphatic heterocycles. The molecule has 0 fully saturated rings. The summed E-state index contributed by atoms with van der Waals surface area (Å²) in [6, 6.07) is 14.6. The first kappa shape index (κ1) is 21.3. The van der Waals surface area contributed by atoms with Crippen LogP contribution in [0.1, 0.15) is 39.5 Å². The third-order valence-electron chi connectivity index (χ3n) is 4.02. The molecule has 0 unspecified atom stereocenters. The van der Waals surface area contributed by atoms with Gasteiger partial charge in [-0.3, -0.25) is 9.59 Å². The van der Waals surface area contributed by atoms with Gasteiger partial charge in [0.05, 0.1) is 13.2 Å². The maximum absolute atomic E-state index is 12.2. The Balaban J connectivity index is 1.79. The van der Waals surface area contributed by atoms with Gasteiger partial charge in [0.1, 0.15) is 5.75 Å². The largest absolute Gasteiger partial charge is 0.494 e. The third-order valence-corrected chi connectivity index (χ3v) is 4.02. The highest BCUT2D eigenvalue weighted by Gasteiger charge is 2.05. The predicted molar refractivity (Wildman–Crippen MR) is 114 cm³/mol. The van der Waals surface area contributed by atoms with Crippen LogP contribution in [0.15, 0.2) is 48.5 Å². The average Bonchev–Trinajstić information content (AvgIpc) is 2.66. The number of nitrogens with one attached hydrogen (secondary N) is 3. The summed E-state index contributed by atoms with van der Waals surface area (Å²) < 4.78 is 5.77. The number of rotatable bonds is 11. The summed E-state index contributed by atoms with van der Waals surface area (Å²) in [5.41, 5.74) is 2.09. The molecule has 2 aromatic carbocycles. The van der Waals surface area contributed by atoms with Crippen LogP contribution in [0.3, 0.4) is 0 Å². The van der Waals surface area contributed by atoms with E-state index in [1.165, 1.54) is 26.2 Å². The Morgan fingerprint density at radius 3 is 2.36 bits per heavy atom. The molecular formula is C22H29N3O3. The molecule has 2 rings (SSSR count). The van der Waals surface area contributed by atoms with Gasteiger partial charge in [0.15, 0.2) is 0 Å². The predicted octanol–water partition coefficient (Wildman–Crippen LogP) is 4.65. The Bertz CT molecular complexity index is 777. The molecule has 0 heterocycles. The van der Waals surface area contributed by atoms with E-state index in [1.807, 2.05) is 24.3 Å². The zero-order valence-electron chi connectivity index (χ0n) is 16.6. The number of ether oxygens (including phenoxy) is 1. The summed E-state index contributed by atoms with van der Waals surface area (Å²) in [6.45, 7) is 4.46. The van der Waals surface area contributed by atoms with Gasteiger partial charge >= 0.3 is 0 Å². The molecule has 0 bridgehead atoms. The van der Waals surface area contributed by atoms with Crippen molar-refractivity contribution in [1.29, 1.82) is 0 Å². The Morgan fingerprint density at radius 2 is 1.61 bits per heavy atom. The van der Waals surface area contributed by atoms with Gasteiger partial charge in [-0.1, -0.05) is 38.3 Å². The van der Waals surface area contributed by atoms with Crippen molar-refractivity contribution in [1.82, 2.24) is 0 Å². The van der Waals surface area contributed by atoms with Crippen LogP contribution in [0.25, 0.3) is 0 Å². The van der Waals surface area contributed by atoms with E-state index in [0.717, 1.165) is 17.9 Å². The van der Waals surface area contributed by atoms with Crippen molar-refractivity contribution >= 4 is 28.9 Å². The second-order valence-corrected chi connectivity index (χ2v) is 6.60. The lowest BCUT2D eigenvalue weighted by molar-refractivity contribution is -0.115. The monoisotopic (exact) mass is 383 g/mol. The summed E-state index contributed by atoms with van der Waals surface area (Å²) in [5, 5.41) is 8.60. The maximum atomic E-state index is 12.2. The summed E-state index contributed by atoms with van der Waals surface area (Å²) in [7, 11) is 0. The first-order valence-electron chi connectivity index (χ1n) is 9.71. The number of benzene rings is 2. The number of amides is 2. The number of hydrogen-bond acceptors (Lipinski definition) is 4. The van der Waals surface area contributed by atoms with Crippen LogP contribution in [0, 0.1) is 0 Å². The highest BCUT2D eigenvalue weighted by molar-refractivity contribution is 5.95. The molecule has 0 saturated carbocycles. The summed E-state index contributed by atoms with van der Waals surface area (Å²) in [5.74, 6) is 0.466. The molecule has 6 nitrogen and oxygen atoms in total. The fraction of sp³-hybridized carbons (Fsp3) is 0.364. The van der Waals surface area contributed by atoms with E-state index < -0.39 is 0 Å². The molecule has 0 spiro atoms. The number of anilines is 3. The number of hydrogen-bond donors (Lipinski definition) is 3. The van der Waals surface area contributed by atoms with Crippen LogP contribution in [0.5, 0.6) is 5.75 Å². The van der Waals surface area contributed by atoms with E-state index in [9.17, 15) is 9.59 Å². The molecule has 150 valence electrons. The summed E-state index contributed by atoms with van der Waals surface area (Å²) in [4.78, 5) is 23.3. The van der Waals surface area contributed by atoms with E-state index >= 15 is 0 Å². The van der Waals surface area contributed by atoms with Crippen molar-refractivity contribution < 1.29 is 14.3 Å². The zero-order valence-corrected chi connectivity index (χ0v) is 16.6. The molecule has 0 aromatic heterocycles. The normalized spacial score (nSPS) is 10.2. The van der Waals surface area contributed by atoms with Gasteiger partial charge in [-0.25, -0.2) is 0 Å². The van der Waals surface area contributed by atoms with Gasteiger partial charge in [-0.2, -0.15) is 0 Å².